The molecule has 0 unspecified atom stereocenters. The van der Waals surface area contributed by atoms with E-state index in [1.165, 1.54) is 12.1 Å². The third-order valence-electron chi connectivity index (χ3n) is 5.60. The molecule has 4 aromatic rings. The third-order valence-corrected chi connectivity index (χ3v) is 5.96. The minimum Gasteiger partial charge on any atom is -0.477 e. The number of rotatable bonds is 3. The van der Waals surface area contributed by atoms with Crippen molar-refractivity contribution in [1.29, 1.82) is 0 Å². The van der Waals surface area contributed by atoms with Gasteiger partial charge >= 0.3 is 5.63 Å². The van der Waals surface area contributed by atoms with Crippen molar-refractivity contribution in [3.8, 4) is 16.9 Å². The van der Waals surface area contributed by atoms with Gasteiger partial charge in [0.1, 0.15) is 23.9 Å². The van der Waals surface area contributed by atoms with Crippen molar-refractivity contribution >= 4 is 22.6 Å². The van der Waals surface area contributed by atoms with Gasteiger partial charge in [-0.1, -0.05) is 48.0 Å². The van der Waals surface area contributed by atoms with Gasteiger partial charge in [0, 0.05) is 46.3 Å². The van der Waals surface area contributed by atoms with E-state index in [9.17, 15) is 9.18 Å². The highest BCUT2D eigenvalue weighted by Crippen LogP contribution is 2.38. The zero-order valence-corrected chi connectivity index (χ0v) is 17.6. The first-order chi connectivity index (χ1) is 15.0. The van der Waals surface area contributed by atoms with Crippen LogP contribution in [0.15, 0.2) is 69.9 Å². The molecule has 1 aliphatic heterocycles. The molecule has 5 rings (SSSR count). The third kappa shape index (κ3) is 3.60. The summed E-state index contributed by atoms with van der Waals surface area (Å²) in [6, 6.07) is 17.9. The summed E-state index contributed by atoms with van der Waals surface area (Å²) in [5.41, 5.74) is 4.06. The van der Waals surface area contributed by atoms with Crippen LogP contribution >= 0.6 is 11.6 Å². The highest BCUT2D eigenvalue weighted by Gasteiger charge is 2.24. The number of benzene rings is 3. The van der Waals surface area contributed by atoms with Crippen LogP contribution in [0.3, 0.4) is 0 Å². The van der Waals surface area contributed by atoms with E-state index in [4.69, 9.17) is 20.8 Å². The Balaban J connectivity index is 1.59. The summed E-state index contributed by atoms with van der Waals surface area (Å²) in [4.78, 5) is 14.2. The van der Waals surface area contributed by atoms with Gasteiger partial charge in [0.2, 0.25) is 0 Å². The zero-order valence-electron chi connectivity index (χ0n) is 16.8. The van der Waals surface area contributed by atoms with Gasteiger partial charge < -0.3 is 9.15 Å². The second kappa shape index (κ2) is 7.84. The number of fused-ring (bicyclic) bond motifs is 2. The fraction of sp³-hybridized carbons (Fsp3) is 0.160. The van der Waals surface area contributed by atoms with Crippen LogP contribution in [0, 0.1) is 12.7 Å². The molecule has 6 heteroatoms. The van der Waals surface area contributed by atoms with Crippen LogP contribution in [0.4, 0.5) is 4.39 Å². The lowest BCUT2D eigenvalue weighted by Crippen LogP contribution is -2.32. The van der Waals surface area contributed by atoms with E-state index < -0.39 is 5.63 Å². The molecule has 156 valence electrons. The van der Waals surface area contributed by atoms with Gasteiger partial charge in [0.25, 0.3) is 0 Å². The van der Waals surface area contributed by atoms with Crippen LogP contribution < -0.4 is 10.4 Å². The molecule has 1 aromatic heterocycles. The number of hydrogen-bond donors (Lipinski definition) is 0. The molecule has 0 amide bonds. The van der Waals surface area contributed by atoms with Crippen molar-refractivity contribution in [2.75, 3.05) is 6.73 Å². The molecule has 0 atom stereocenters. The van der Waals surface area contributed by atoms with Gasteiger partial charge in [-0.3, -0.25) is 4.90 Å². The van der Waals surface area contributed by atoms with Crippen molar-refractivity contribution in [1.82, 2.24) is 4.90 Å². The van der Waals surface area contributed by atoms with E-state index in [-0.39, 0.29) is 12.5 Å². The SMILES string of the molecule is Cc1c2c(cc3c(-c4ccccc4)cc(=O)oc13)CN(Cc1c(F)cccc1Cl)CO2. The minimum atomic E-state index is -0.402. The molecule has 1 aliphatic rings. The maximum Gasteiger partial charge on any atom is 0.336 e. The number of ether oxygens (including phenoxy) is 1. The standard InChI is InChI=1S/C25H19ClFNO3/c1-15-24-17(12-28(14-30-24)13-20-21(26)8-5-9-22(20)27)10-19-18(11-23(29)31-25(15)19)16-6-3-2-4-7-16/h2-11H,12-14H2,1H3. The zero-order chi connectivity index (χ0) is 21.5. The van der Waals surface area contributed by atoms with Crippen molar-refractivity contribution in [2.24, 2.45) is 0 Å². The first-order valence-electron chi connectivity index (χ1n) is 9.95. The molecule has 0 saturated heterocycles. The first kappa shape index (κ1) is 19.8. The van der Waals surface area contributed by atoms with Crippen LogP contribution in [-0.4, -0.2) is 11.6 Å². The fourth-order valence-corrected chi connectivity index (χ4v) is 4.36. The average Bonchev–Trinajstić information content (AvgIpc) is 2.77. The Morgan fingerprint density at radius 2 is 1.90 bits per heavy atom. The maximum absolute atomic E-state index is 14.3. The summed E-state index contributed by atoms with van der Waals surface area (Å²) in [6.45, 7) is 3.07. The highest BCUT2D eigenvalue weighted by molar-refractivity contribution is 6.31. The largest absolute Gasteiger partial charge is 0.477 e. The van der Waals surface area contributed by atoms with Crippen LogP contribution in [0.25, 0.3) is 22.1 Å². The van der Waals surface area contributed by atoms with Gasteiger partial charge in [-0.2, -0.15) is 0 Å². The number of aryl methyl sites for hydroxylation is 1. The van der Waals surface area contributed by atoms with E-state index in [1.54, 1.807) is 12.1 Å². The van der Waals surface area contributed by atoms with E-state index in [1.807, 2.05) is 48.2 Å². The lowest BCUT2D eigenvalue weighted by atomic mass is 9.97. The predicted molar refractivity (Wildman–Crippen MR) is 119 cm³/mol. The van der Waals surface area contributed by atoms with E-state index in [0.717, 1.165) is 27.6 Å². The number of hydrogen-bond acceptors (Lipinski definition) is 4. The smallest absolute Gasteiger partial charge is 0.336 e. The molecule has 31 heavy (non-hydrogen) atoms. The Labute approximate surface area is 183 Å². The minimum absolute atomic E-state index is 0.284. The molecular formula is C25H19ClFNO3. The molecule has 0 spiro atoms. The van der Waals surface area contributed by atoms with Gasteiger partial charge in [0.15, 0.2) is 0 Å². The summed E-state index contributed by atoms with van der Waals surface area (Å²) in [5, 5.41) is 1.24. The molecule has 3 aromatic carbocycles. The summed E-state index contributed by atoms with van der Waals surface area (Å²) in [5.74, 6) is 0.373. The monoisotopic (exact) mass is 435 g/mol. The fourth-order valence-electron chi connectivity index (χ4n) is 4.13. The lowest BCUT2D eigenvalue weighted by molar-refractivity contribution is 0.0871. The van der Waals surface area contributed by atoms with Crippen LogP contribution in [0.2, 0.25) is 5.02 Å². The summed E-state index contributed by atoms with van der Waals surface area (Å²) >= 11 is 6.21. The second-order valence-corrected chi connectivity index (χ2v) is 8.08. The van der Waals surface area contributed by atoms with Crippen molar-refractivity contribution in [2.45, 2.75) is 20.0 Å². The topological polar surface area (TPSA) is 42.7 Å². The molecular weight excluding hydrogens is 417 g/mol. The first-order valence-corrected chi connectivity index (χ1v) is 10.3. The molecule has 0 saturated carbocycles. The van der Waals surface area contributed by atoms with Crippen molar-refractivity contribution < 1.29 is 13.5 Å². The van der Waals surface area contributed by atoms with Crippen molar-refractivity contribution in [3.05, 3.63) is 98.6 Å². The van der Waals surface area contributed by atoms with Crippen molar-refractivity contribution in [3.63, 3.8) is 0 Å². The normalized spacial score (nSPS) is 13.8. The molecule has 4 nitrogen and oxygen atoms in total. The molecule has 0 aliphatic carbocycles. The molecule has 0 bridgehead atoms. The Bertz CT molecular complexity index is 1330. The van der Waals surface area contributed by atoms with Gasteiger partial charge in [-0.15, -0.1) is 0 Å². The van der Waals surface area contributed by atoms with Gasteiger partial charge in [0.05, 0.1) is 0 Å². The van der Waals surface area contributed by atoms with E-state index in [0.29, 0.717) is 35.0 Å². The molecule has 0 fully saturated rings. The lowest BCUT2D eigenvalue weighted by Gasteiger charge is -2.30. The van der Waals surface area contributed by atoms with Crippen LogP contribution in [0.5, 0.6) is 5.75 Å². The molecule has 0 radical (unpaired) electrons. The Morgan fingerprint density at radius 3 is 2.68 bits per heavy atom. The highest BCUT2D eigenvalue weighted by atomic mass is 35.5. The van der Waals surface area contributed by atoms with Gasteiger partial charge in [-0.25, -0.2) is 9.18 Å². The number of halogens is 2. The summed E-state index contributed by atoms with van der Waals surface area (Å²) < 4.78 is 25.8. The van der Waals surface area contributed by atoms with Crippen LogP contribution in [-0.2, 0) is 13.1 Å². The summed E-state index contributed by atoms with van der Waals surface area (Å²) in [7, 11) is 0. The quantitative estimate of drug-likeness (QED) is 0.375. The average molecular weight is 436 g/mol. The van der Waals surface area contributed by atoms with E-state index in [2.05, 4.69) is 0 Å². The second-order valence-electron chi connectivity index (χ2n) is 7.67. The number of nitrogens with zero attached hydrogens (tertiary/aromatic N) is 1. The Kier molecular flexibility index (Phi) is 5.00. The Hall–Kier alpha value is -3.15. The molecule has 0 N–H and O–H groups in total. The molecule has 2 heterocycles. The Morgan fingerprint density at radius 1 is 1.10 bits per heavy atom. The predicted octanol–water partition coefficient (Wildman–Crippen LogP) is 5.91. The van der Waals surface area contributed by atoms with E-state index >= 15 is 0 Å². The van der Waals surface area contributed by atoms with Gasteiger partial charge in [-0.05, 0) is 36.2 Å². The summed E-state index contributed by atoms with van der Waals surface area (Å²) in [6.07, 6.45) is 0. The van der Waals surface area contributed by atoms with Crippen LogP contribution in [0.1, 0.15) is 16.7 Å². The maximum atomic E-state index is 14.3.